The number of aromatic amines is 2. The smallest absolute Gasteiger partial charge is 0.161 e. The predicted octanol–water partition coefficient (Wildman–Crippen LogP) is 3.93. The number of pyridine rings is 3. The summed E-state index contributed by atoms with van der Waals surface area (Å²) in [5.74, 6) is 1.36. The summed E-state index contributed by atoms with van der Waals surface area (Å²) in [6.07, 6.45) is 13.4. The molecule has 6 aromatic rings. The zero-order valence-electron chi connectivity index (χ0n) is 20.9. The maximum Gasteiger partial charge on any atom is 0.161 e. The second kappa shape index (κ2) is 9.34. The highest BCUT2D eigenvalue weighted by Crippen LogP contribution is 2.30. The van der Waals surface area contributed by atoms with Crippen LogP contribution in [0.1, 0.15) is 18.5 Å². The lowest BCUT2D eigenvalue weighted by Gasteiger charge is -2.15. The van der Waals surface area contributed by atoms with Gasteiger partial charge in [-0.25, -0.2) is 15.0 Å². The minimum absolute atomic E-state index is 0.623. The van der Waals surface area contributed by atoms with Crippen LogP contribution in [0.15, 0.2) is 55.5 Å². The minimum atomic E-state index is 0.623. The van der Waals surface area contributed by atoms with Crippen molar-refractivity contribution in [2.45, 2.75) is 19.8 Å². The molecule has 7 heterocycles. The van der Waals surface area contributed by atoms with E-state index < -0.39 is 0 Å². The SMILES string of the molecule is Cc1cn(-c2ccnc3[nH]c(-c4n[nH]c5cnc(-c6cncc(OCCN7CCCC7)c6)cc45)nc23)cn1. The van der Waals surface area contributed by atoms with E-state index in [9.17, 15) is 0 Å². The lowest BCUT2D eigenvalue weighted by Crippen LogP contribution is -2.25. The number of imidazole rings is 2. The number of rotatable bonds is 7. The quantitative estimate of drug-likeness (QED) is 0.334. The number of aromatic nitrogens is 9. The van der Waals surface area contributed by atoms with Gasteiger partial charge in [-0.15, -0.1) is 0 Å². The first kappa shape index (κ1) is 22.5. The number of ether oxygens (including phenoxy) is 1. The Kier molecular flexibility index (Phi) is 5.54. The summed E-state index contributed by atoms with van der Waals surface area (Å²) in [6, 6.07) is 5.90. The minimum Gasteiger partial charge on any atom is -0.491 e. The molecule has 6 aromatic heterocycles. The lowest BCUT2D eigenvalue weighted by molar-refractivity contribution is 0.237. The monoisotopic (exact) mass is 506 g/mol. The molecule has 190 valence electrons. The maximum atomic E-state index is 6.00. The summed E-state index contributed by atoms with van der Waals surface area (Å²) >= 11 is 0. The van der Waals surface area contributed by atoms with Crippen molar-refractivity contribution in [2.24, 2.45) is 0 Å². The molecule has 1 aliphatic heterocycles. The van der Waals surface area contributed by atoms with Crippen molar-refractivity contribution < 1.29 is 4.74 Å². The molecule has 0 atom stereocenters. The molecule has 38 heavy (non-hydrogen) atoms. The highest BCUT2D eigenvalue weighted by Gasteiger charge is 2.17. The zero-order valence-corrected chi connectivity index (χ0v) is 20.9. The van der Waals surface area contributed by atoms with Crippen molar-refractivity contribution in [3.05, 3.63) is 61.2 Å². The Balaban J connectivity index is 1.20. The average molecular weight is 507 g/mol. The highest BCUT2D eigenvalue weighted by atomic mass is 16.5. The first-order valence-corrected chi connectivity index (χ1v) is 12.7. The molecule has 11 heteroatoms. The molecule has 1 aliphatic rings. The van der Waals surface area contributed by atoms with E-state index in [2.05, 4.69) is 40.0 Å². The van der Waals surface area contributed by atoms with Crippen molar-refractivity contribution in [1.82, 2.24) is 49.6 Å². The fourth-order valence-electron chi connectivity index (χ4n) is 4.96. The molecule has 0 bridgehead atoms. The third-order valence-corrected chi connectivity index (χ3v) is 6.91. The molecule has 0 radical (unpaired) electrons. The van der Waals surface area contributed by atoms with Gasteiger partial charge < -0.3 is 14.3 Å². The molecule has 1 fully saturated rings. The van der Waals surface area contributed by atoms with Crippen LogP contribution in [-0.4, -0.2) is 75.8 Å². The van der Waals surface area contributed by atoms with Gasteiger partial charge in [0, 0.05) is 36.1 Å². The third kappa shape index (κ3) is 4.16. The lowest BCUT2D eigenvalue weighted by atomic mass is 10.1. The van der Waals surface area contributed by atoms with Crippen LogP contribution < -0.4 is 4.74 Å². The van der Waals surface area contributed by atoms with Crippen molar-refractivity contribution >= 4 is 22.1 Å². The number of hydrogen-bond acceptors (Lipinski definition) is 8. The van der Waals surface area contributed by atoms with E-state index in [1.807, 2.05) is 35.9 Å². The van der Waals surface area contributed by atoms with E-state index in [-0.39, 0.29) is 0 Å². The second-order valence-corrected chi connectivity index (χ2v) is 9.53. The number of nitrogens with zero attached hydrogens (tertiary/aromatic N) is 8. The predicted molar refractivity (Wildman–Crippen MR) is 143 cm³/mol. The van der Waals surface area contributed by atoms with Gasteiger partial charge in [0.1, 0.15) is 23.6 Å². The van der Waals surface area contributed by atoms with Gasteiger partial charge in [-0.3, -0.25) is 20.0 Å². The number of likely N-dealkylation sites (tertiary alicyclic amines) is 1. The molecular weight excluding hydrogens is 480 g/mol. The van der Waals surface area contributed by atoms with Gasteiger partial charge in [-0.2, -0.15) is 5.10 Å². The van der Waals surface area contributed by atoms with E-state index in [0.717, 1.165) is 64.4 Å². The van der Waals surface area contributed by atoms with Crippen LogP contribution in [0, 0.1) is 6.92 Å². The Morgan fingerprint density at radius 3 is 2.84 bits per heavy atom. The van der Waals surface area contributed by atoms with Crippen LogP contribution in [0.25, 0.3) is 50.5 Å². The van der Waals surface area contributed by atoms with E-state index in [4.69, 9.17) is 9.72 Å². The molecule has 11 nitrogen and oxygen atoms in total. The van der Waals surface area contributed by atoms with E-state index in [1.165, 1.54) is 12.8 Å². The van der Waals surface area contributed by atoms with Gasteiger partial charge in [-0.1, -0.05) is 0 Å². The van der Waals surface area contributed by atoms with Gasteiger partial charge >= 0.3 is 0 Å². The van der Waals surface area contributed by atoms with Crippen LogP contribution >= 0.6 is 0 Å². The van der Waals surface area contributed by atoms with Crippen LogP contribution in [0.5, 0.6) is 5.75 Å². The van der Waals surface area contributed by atoms with Gasteiger partial charge in [-0.05, 0) is 51.1 Å². The second-order valence-electron chi connectivity index (χ2n) is 9.53. The largest absolute Gasteiger partial charge is 0.491 e. The molecule has 1 saturated heterocycles. The fourth-order valence-corrected chi connectivity index (χ4v) is 4.96. The Morgan fingerprint density at radius 2 is 1.97 bits per heavy atom. The summed E-state index contributed by atoms with van der Waals surface area (Å²) < 4.78 is 7.95. The first-order valence-electron chi connectivity index (χ1n) is 12.7. The molecule has 0 amide bonds. The molecule has 2 N–H and O–H groups in total. The Labute approximate surface area is 218 Å². The Hall–Kier alpha value is -4.64. The number of H-pyrrole nitrogens is 2. The zero-order chi connectivity index (χ0) is 25.5. The van der Waals surface area contributed by atoms with Crippen LogP contribution in [0.4, 0.5) is 0 Å². The molecule has 7 rings (SSSR count). The normalized spacial score (nSPS) is 14.1. The van der Waals surface area contributed by atoms with Gasteiger partial charge in [0.25, 0.3) is 0 Å². The van der Waals surface area contributed by atoms with E-state index >= 15 is 0 Å². The third-order valence-electron chi connectivity index (χ3n) is 6.91. The van der Waals surface area contributed by atoms with E-state index in [1.54, 1.807) is 31.1 Å². The topological polar surface area (TPSA) is 126 Å². The molecule has 0 saturated carbocycles. The first-order chi connectivity index (χ1) is 18.7. The summed E-state index contributed by atoms with van der Waals surface area (Å²) in [6.45, 7) is 5.85. The average Bonchev–Trinajstić information content (AvgIpc) is 3.74. The molecule has 0 aliphatic carbocycles. The number of hydrogen-bond donors (Lipinski definition) is 2. The number of aryl methyl sites for hydroxylation is 1. The van der Waals surface area contributed by atoms with Crippen molar-refractivity contribution in [2.75, 3.05) is 26.2 Å². The van der Waals surface area contributed by atoms with Crippen molar-refractivity contribution in [1.29, 1.82) is 0 Å². The molecular formula is C27H26N10O. The molecule has 0 unspecified atom stereocenters. The van der Waals surface area contributed by atoms with Gasteiger partial charge in [0.15, 0.2) is 11.5 Å². The van der Waals surface area contributed by atoms with Crippen LogP contribution in [0.2, 0.25) is 0 Å². The summed E-state index contributed by atoms with van der Waals surface area (Å²) in [5, 5.41) is 8.52. The fraction of sp³-hybridized carbons (Fsp3) is 0.259. The summed E-state index contributed by atoms with van der Waals surface area (Å²) in [7, 11) is 0. The van der Waals surface area contributed by atoms with E-state index in [0.29, 0.717) is 23.8 Å². The van der Waals surface area contributed by atoms with Crippen molar-refractivity contribution in [3.8, 4) is 34.2 Å². The summed E-state index contributed by atoms with van der Waals surface area (Å²) in [4.78, 5) is 28.5. The standard InChI is InChI=1S/C27H26N10O/c1-17-15-37(16-31-17)23-4-5-29-26-25(23)32-27(33-26)24-20-11-21(30-14-22(20)34-35-24)18-10-19(13-28-12-18)38-9-8-36-6-2-3-7-36/h4-5,10-16H,2-3,6-9H2,1H3,(H,34,35)(H,29,32,33). The van der Waals surface area contributed by atoms with Crippen LogP contribution in [-0.2, 0) is 0 Å². The van der Waals surface area contributed by atoms with Crippen LogP contribution in [0.3, 0.4) is 0 Å². The van der Waals surface area contributed by atoms with Crippen molar-refractivity contribution in [3.63, 3.8) is 0 Å². The molecule has 0 spiro atoms. The highest BCUT2D eigenvalue weighted by molar-refractivity contribution is 5.95. The number of fused-ring (bicyclic) bond motifs is 2. The Bertz CT molecular complexity index is 1740. The van der Waals surface area contributed by atoms with Gasteiger partial charge in [0.2, 0.25) is 0 Å². The summed E-state index contributed by atoms with van der Waals surface area (Å²) in [5.41, 5.74) is 6.41. The number of nitrogens with one attached hydrogen (secondary N) is 2. The molecule has 0 aromatic carbocycles. The van der Waals surface area contributed by atoms with Gasteiger partial charge in [0.05, 0.1) is 41.3 Å². The Morgan fingerprint density at radius 1 is 1.05 bits per heavy atom. The maximum absolute atomic E-state index is 6.00.